The summed E-state index contributed by atoms with van der Waals surface area (Å²) in [7, 11) is -4.21. The Labute approximate surface area is 225 Å². The van der Waals surface area contributed by atoms with Crippen molar-refractivity contribution in [2.75, 3.05) is 0 Å². The van der Waals surface area contributed by atoms with Crippen LogP contribution in [-0.2, 0) is 29.4 Å². The standard InChI is InChI=1S/C32H58O3S/c1-6-7-8-9-10-11-12-13-14-15-16-17-18-19-20-21-22-30-31(26-28(4)5)29(25-27(2)3)23-24-32(30)36(33,34)35/h23-24,27-28H,6-22,25-26H2,1-5H3,(H,33,34,35). The molecule has 0 saturated carbocycles. The Morgan fingerprint density at radius 3 is 1.42 bits per heavy atom. The van der Waals surface area contributed by atoms with E-state index in [9.17, 15) is 13.0 Å². The second-order valence-electron chi connectivity index (χ2n) is 11.9. The van der Waals surface area contributed by atoms with Crippen LogP contribution in [-0.4, -0.2) is 13.0 Å². The molecule has 0 atom stereocenters. The summed E-state index contributed by atoms with van der Waals surface area (Å²) in [4.78, 5) is 0.131. The Bertz CT molecular complexity index is 796. The lowest BCUT2D eigenvalue weighted by Gasteiger charge is -2.20. The SMILES string of the molecule is CCCCCCCCCCCCCCCCCCc1c(S(=O)(=O)O)ccc(CC(C)C)c1CC(C)C. The van der Waals surface area contributed by atoms with Gasteiger partial charge in [-0.05, 0) is 60.3 Å². The lowest BCUT2D eigenvalue weighted by molar-refractivity contribution is 0.480. The van der Waals surface area contributed by atoms with E-state index in [2.05, 4.69) is 34.6 Å². The highest BCUT2D eigenvalue weighted by Crippen LogP contribution is 2.29. The fraction of sp³-hybridized carbons (Fsp3) is 0.812. The van der Waals surface area contributed by atoms with E-state index in [-0.39, 0.29) is 4.90 Å². The van der Waals surface area contributed by atoms with Gasteiger partial charge in [0.15, 0.2) is 0 Å². The number of hydrogen-bond donors (Lipinski definition) is 1. The summed E-state index contributed by atoms with van der Waals surface area (Å²) < 4.78 is 34.2. The molecule has 0 saturated heterocycles. The normalized spacial score (nSPS) is 12.2. The molecular formula is C32H58O3S. The zero-order valence-electron chi connectivity index (χ0n) is 24.4. The third-order valence-electron chi connectivity index (χ3n) is 7.28. The largest absolute Gasteiger partial charge is 0.294 e. The van der Waals surface area contributed by atoms with E-state index < -0.39 is 10.1 Å². The zero-order chi connectivity index (χ0) is 26.8. The average molecular weight is 523 g/mol. The van der Waals surface area contributed by atoms with Crippen molar-refractivity contribution in [1.82, 2.24) is 0 Å². The highest BCUT2D eigenvalue weighted by Gasteiger charge is 2.21. The summed E-state index contributed by atoms with van der Waals surface area (Å²) in [6.45, 7) is 11.0. The van der Waals surface area contributed by atoms with Crippen LogP contribution in [0.1, 0.15) is 154 Å². The van der Waals surface area contributed by atoms with Crippen LogP contribution in [0.2, 0.25) is 0 Å². The molecule has 0 spiro atoms. The minimum Gasteiger partial charge on any atom is -0.282 e. The van der Waals surface area contributed by atoms with Crippen molar-refractivity contribution in [3.05, 3.63) is 28.8 Å². The predicted molar refractivity (Wildman–Crippen MR) is 157 cm³/mol. The molecule has 3 nitrogen and oxygen atoms in total. The predicted octanol–water partition coefficient (Wildman–Crippen LogP) is 10.1. The molecule has 0 aliphatic heterocycles. The zero-order valence-corrected chi connectivity index (χ0v) is 25.2. The Balaban J connectivity index is 2.40. The van der Waals surface area contributed by atoms with Crippen LogP contribution >= 0.6 is 0 Å². The van der Waals surface area contributed by atoms with Crippen molar-refractivity contribution >= 4 is 10.1 Å². The lowest BCUT2D eigenvalue weighted by Crippen LogP contribution is -2.12. The quantitative estimate of drug-likeness (QED) is 0.122. The maximum Gasteiger partial charge on any atom is 0.294 e. The van der Waals surface area contributed by atoms with Crippen LogP contribution in [0.25, 0.3) is 0 Å². The van der Waals surface area contributed by atoms with Crippen molar-refractivity contribution in [3.63, 3.8) is 0 Å². The van der Waals surface area contributed by atoms with Crippen LogP contribution in [0.4, 0.5) is 0 Å². The van der Waals surface area contributed by atoms with Crippen molar-refractivity contribution in [1.29, 1.82) is 0 Å². The summed E-state index contributed by atoms with van der Waals surface area (Å²) in [6.07, 6.45) is 23.8. The third kappa shape index (κ3) is 14.8. The summed E-state index contributed by atoms with van der Waals surface area (Å²) >= 11 is 0. The molecule has 0 amide bonds. The Hall–Kier alpha value is -0.870. The first-order chi connectivity index (χ1) is 17.2. The molecule has 1 aromatic rings. The smallest absolute Gasteiger partial charge is 0.282 e. The highest BCUT2D eigenvalue weighted by molar-refractivity contribution is 7.85. The molecule has 0 aliphatic rings. The maximum atomic E-state index is 12.2. The molecule has 210 valence electrons. The number of hydrogen-bond acceptors (Lipinski definition) is 2. The number of rotatable bonds is 22. The van der Waals surface area contributed by atoms with Gasteiger partial charge in [-0.25, -0.2) is 0 Å². The first-order valence-corrected chi connectivity index (χ1v) is 16.7. The maximum absolute atomic E-state index is 12.2. The van der Waals surface area contributed by atoms with Crippen LogP contribution in [0, 0.1) is 11.8 Å². The van der Waals surface area contributed by atoms with E-state index in [0.717, 1.165) is 43.2 Å². The molecule has 1 aromatic carbocycles. The van der Waals surface area contributed by atoms with Gasteiger partial charge in [0.25, 0.3) is 10.1 Å². The number of unbranched alkanes of at least 4 members (excludes halogenated alkanes) is 15. The van der Waals surface area contributed by atoms with E-state index in [1.165, 1.54) is 95.5 Å². The molecule has 36 heavy (non-hydrogen) atoms. The summed E-state index contributed by atoms with van der Waals surface area (Å²) in [5.74, 6) is 0.952. The monoisotopic (exact) mass is 522 g/mol. The molecule has 0 radical (unpaired) electrons. The molecule has 1 N–H and O–H groups in total. The van der Waals surface area contributed by atoms with Gasteiger partial charge in [-0.15, -0.1) is 0 Å². The van der Waals surface area contributed by atoms with Crippen LogP contribution in [0.15, 0.2) is 17.0 Å². The molecule has 0 fully saturated rings. The van der Waals surface area contributed by atoms with Gasteiger partial charge in [0.2, 0.25) is 0 Å². The third-order valence-corrected chi connectivity index (χ3v) is 8.22. The molecule has 0 heterocycles. The minimum atomic E-state index is -4.21. The second-order valence-corrected chi connectivity index (χ2v) is 13.3. The van der Waals surface area contributed by atoms with Gasteiger partial charge in [-0.2, -0.15) is 8.42 Å². The van der Waals surface area contributed by atoms with Gasteiger partial charge in [-0.1, -0.05) is 137 Å². The second kappa shape index (κ2) is 19.2. The lowest BCUT2D eigenvalue weighted by atomic mass is 9.87. The molecule has 0 unspecified atom stereocenters. The highest BCUT2D eigenvalue weighted by atomic mass is 32.2. The van der Waals surface area contributed by atoms with Crippen molar-refractivity contribution < 1.29 is 13.0 Å². The molecule has 4 heteroatoms. The first-order valence-electron chi connectivity index (χ1n) is 15.3. The van der Waals surface area contributed by atoms with E-state index in [4.69, 9.17) is 0 Å². The summed E-state index contributed by atoms with van der Waals surface area (Å²) in [6, 6.07) is 3.57. The van der Waals surface area contributed by atoms with Crippen LogP contribution in [0.5, 0.6) is 0 Å². The molecule has 0 aliphatic carbocycles. The first kappa shape index (κ1) is 33.2. The van der Waals surface area contributed by atoms with Gasteiger partial charge in [0.1, 0.15) is 0 Å². The van der Waals surface area contributed by atoms with Gasteiger partial charge in [0, 0.05) is 0 Å². The summed E-state index contributed by atoms with van der Waals surface area (Å²) in [5, 5.41) is 0. The van der Waals surface area contributed by atoms with Crippen LogP contribution < -0.4 is 0 Å². The van der Waals surface area contributed by atoms with Crippen molar-refractivity contribution in [2.24, 2.45) is 11.8 Å². The van der Waals surface area contributed by atoms with E-state index >= 15 is 0 Å². The molecule has 0 aromatic heterocycles. The molecule has 1 rings (SSSR count). The number of benzene rings is 1. The van der Waals surface area contributed by atoms with E-state index in [1.807, 2.05) is 6.07 Å². The van der Waals surface area contributed by atoms with Gasteiger partial charge < -0.3 is 0 Å². The van der Waals surface area contributed by atoms with Crippen molar-refractivity contribution in [3.8, 4) is 0 Å². The topological polar surface area (TPSA) is 54.4 Å². The van der Waals surface area contributed by atoms with Crippen molar-refractivity contribution in [2.45, 2.75) is 162 Å². The minimum absolute atomic E-state index is 0.131. The van der Waals surface area contributed by atoms with E-state index in [0.29, 0.717) is 11.8 Å². The fourth-order valence-electron chi connectivity index (χ4n) is 5.38. The Morgan fingerprint density at radius 2 is 1.03 bits per heavy atom. The van der Waals surface area contributed by atoms with Gasteiger partial charge in [-0.3, -0.25) is 4.55 Å². The van der Waals surface area contributed by atoms with Gasteiger partial charge >= 0.3 is 0 Å². The fourth-order valence-corrected chi connectivity index (χ4v) is 6.16. The van der Waals surface area contributed by atoms with Gasteiger partial charge in [0.05, 0.1) is 4.90 Å². The van der Waals surface area contributed by atoms with E-state index in [1.54, 1.807) is 6.07 Å². The van der Waals surface area contributed by atoms with Crippen LogP contribution in [0.3, 0.4) is 0 Å². The average Bonchev–Trinajstić information content (AvgIpc) is 2.79. The molecule has 0 bridgehead atoms. The Morgan fingerprint density at radius 1 is 0.611 bits per heavy atom. The Kier molecular flexibility index (Phi) is 17.7. The summed E-state index contributed by atoms with van der Waals surface area (Å²) in [5.41, 5.74) is 3.28. The molecular weight excluding hydrogens is 464 g/mol.